The summed E-state index contributed by atoms with van der Waals surface area (Å²) in [7, 11) is 0. The molecule has 192 valence electrons. The van der Waals surface area contributed by atoms with Gasteiger partial charge >= 0.3 is 0 Å². The maximum absolute atomic E-state index is 12.4. The first-order chi connectivity index (χ1) is 18.5. The molecule has 1 saturated carbocycles. The highest BCUT2D eigenvalue weighted by molar-refractivity contribution is 6.32. The first-order valence-electron chi connectivity index (χ1n) is 12.8. The largest absolute Gasteiger partial charge is 0.437 e. The number of carbonyl (C=O) groups excluding carboxylic acids is 1. The van der Waals surface area contributed by atoms with Gasteiger partial charge in [0.1, 0.15) is 11.6 Å². The predicted molar refractivity (Wildman–Crippen MR) is 146 cm³/mol. The van der Waals surface area contributed by atoms with Crippen molar-refractivity contribution in [2.45, 2.75) is 44.4 Å². The molecule has 0 spiro atoms. The Morgan fingerprint density at radius 2 is 1.95 bits per heavy atom. The van der Waals surface area contributed by atoms with Gasteiger partial charge in [0.15, 0.2) is 0 Å². The second-order valence-corrected chi connectivity index (χ2v) is 10.2. The summed E-state index contributed by atoms with van der Waals surface area (Å²) in [6.45, 7) is 2.93. The van der Waals surface area contributed by atoms with E-state index in [0.29, 0.717) is 47.4 Å². The van der Waals surface area contributed by atoms with Crippen molar-refractivity contribution < 1.29 is 9.53 Å². The van der Waals surface area contributed by atoms with Crippen LogP contribution in [-0.4, -0.2) is 43.2 Å². The van der Waals surface area contributed by atoms with Crippen LogP contribution in [0.25, 0.3) is 16.9 Å². The van der Waals surface area contributed by atoms with Crippen molar-refractivity contribution >= 4 is 29.0 Å². The van der Waals surface area contributed by atoms with Gasteiger partial charge in [0, 0.05) is 43.0 Å². The van der Waals surface area contributed by atoms with Gasteiger partial charge in [-0.1, -0.05) is 17.5 Å². The van der Waals surface area contributed by atoms with Gasteiger partial charge in [-0.15, -0.1) is 0 Å². The lowest BCUT2D eigenvalue weighted by atomic mass is 9.94. The summed E-state index contributed by atoms with van der Waals surface area (Å²) in [5.74, 6) is 7.88. The molecule has 2 N–H and O–H groups in total. The summed E-state index contributed by atoms with van der Waals surface area (Å²) in [5.41, 5.74) is 10.1. The van der Waals surface area contributed by atoms with Gasteiger partial charge in [0.05, 0.1) is 16.2 Å². The molecule has 6 rings (SSSR count). The number of pyridine rings is 1. The van der Waals surface area contributed by atoms with Crippen LogP contribution in [0.15, 0.2) is 48.8 Å². The number of nitrogens with two attached hydrogens (primary N) is 1. The van der Waals surface area contributed by atoms with Gasteiger partial charge in [-0.05, 0) is 80.3 Å². The third kappa shape index (κ3) is 4.66. The molecule has 4 heterocycles. The van der Waals surface area contributed by atoms with E-state index in [2.05, 4.69) is 21.8 Å². The molecule has 2 aliphatic rings. The lowest BCUT2D eigenvalue weighted by molar-refractivity contribution is -0.126. The summed E-state index contributed by atoms with van der Waals surface area (Å²) in [6.07, 6.45) is 7.66. The Labute approximate surface area is 225 Å². The van der Waals surface area contributed by atoms with Crippen LogP contribution < -0.4 is 10.5 Å². The molecule has 1 aliphatic carbocycles. The number of carbonyl (C=O) groups is 1. The summed E-state index contributed by atoms with van der Waals surface area (Å²) in [6, 6.07) is 11.5. The number of piperidine rings is 1. The Balaban J connectivity index is 1.33. The monoisotopic (exact) mass is 526 g/mol. The standard InChI is InChI=1S/C29H27ClN6O2/c1-2-4-26(37)35-14-3-5-21(17-35)27-23-11-13-33-29(31)36(23)28(34-27)20-8-9-24(22(30)15-20)38-25-16-19(10-12-32-25)18-6-7-18/h8-13,15-16,18,21H,3,5-7,14,17H2,1H3,(H2,31,33). The van der Waals surface area contributed by atoms with E-state index in [1.807, 2.05) is 40.8 Å². The van der Waals surface area contributed by atoms with Gasteiger partial charge in [-0.3, -0.25) is 9.20 Å². The fourth-order valence-corrected chi connectivity index (χ4v) is 5.35. The van der Waals surface area contributed by atoms with Crippen molar-refractivity contribution in [2.24, 2.45) is 0 Å². The number of imidazole rings is 1. The zero-order chi connectivity index (χ0) is 26.2. The average molecular weight is 527 g/mol. The molecular formula is C29H27ClN6O2. The number of aromatic nitrogens is 4. The quantitative estimate of drug-likeness (QED) is 0.348. The van der Waals surface area contributed by atoms with Crippen LogP contribution in [-0.2, 0) is 4.79 Å². The van der Waals surface area contributed by atoms with Gasteiger partial charge in [-0.2, -0.15) is 0 Å². The normalized spacial score (nSPS) is 17.2. The molecule has 38 heavy (non-hydrogen) atoms. The van der Waals surface area contributed by atoms with E-state index in [9.17, 15) is 4.79 Å². The first-order valence-corrected chi connectivity index (χ1v) is 13.2. The van der Waals surface area contributed by atoms with E-state index >= 15 is 0 Å². The second kappa shape index (κ2) is 9.99. The number of nitrogens with zero attached hydrogens (tertiary/aromatic N) is 5. The number of ether oxygens (including phenoxy) is 1. The number of nitrogen functional groups attached to an aromatic ring is 1. The first kappa shape index (κ1) is 24.3. The van der Waals surface area contributed by atoms with Crippen LogP contribution in [0.2, 0.25) is 5.02 Å². The maximum atomic E-state index is 12.4. The summed E-state index contributed by atoms with van der Waals surface area (Å²) >= 11 is 6.68. The Morgan fingerprint density at radius 1 is 1.11 bits per heavy atom. The molecule has 1 saturated heterocycles. The molecule has 8 nitrogen and oxygen atoms in total. The predicted octanol–water partition coefficient (Wildman–Crippen LogP) is 5.43. The van der Waals surface area contributed by atoms with Gasteiger partial charge in [0.2, 0.25) is 11.8 Å². The van der Waals surface area contributed by atoms with Gasteiger partial charge < -0.3 is 15.4 Å². The number of hydrogen-bond donors (Lipinski definition) is 1. The molecule has 1 unspecified atom stereocenters. The molecule has 1 amide bonds. The Kier molecular flexibility index (Phi) is 6.38. The fourth-order valence-electron chi connectivity index (χ4n) is 5.14. The molecule has 0 bridgehead atoms. The number of anilines is 1. The zero-order valence-corrected chi connectivity index (χ0v) is 21.8. The topological polar surface area (TPSA) is 98.6 Å². The van der Waals surface area contributed by atoms with E-state index in [-0.39, 0.29) is 11.8 Å². The molecule has 0 radical (unpaired) electrons. The van der Waals surface area contributed by atoms with Crippen molar-refractivity contribution in [2.75, 3.05) is 18.8 Å². The van der Waals surface area contributed by atoms with Crippen LogP contribution in [0, 0.1) is 11.8 Å². The minimum Gasteiger partial charge on any atom is -0.437 e. The van der Waals surface area contributed by atoms with Crippen molar-refractivity contribution in [1.82, 2.24) is 24.3 Å². The highest BCUT2D eigenvalue weighted by Gasteiger charge is 2.29. The minimum absolute atomic E-state index is 0.0554. The number of amides is 1. The van der Waals surface area contributed by atoms with Crippen molar-refractivity contribution in [3.8, 4) is 34.9 Å². The molecule has 2 fully saturated rings. The molecular weight excluding hydrogens is 500 g/mol. The SMILES string of the molecule is CC#CC(=O)N1CCCC(c2nc(-c3ccc(Oc4cc(C5CC5)ccn4)c(Cl)c3)n3c(N)nccc23)C1. The van der Waals surface area contributed by atoms with Crippen molar-refractivity contribution in [3.63, 3.8) is 0 Å². The van der Waals surface area contributed by atoms with Crippen molar-refractivity contribution in [1.29, 1.82) is 0 Å². The number of halogens is 1. The number of hydrogen-bond acceptors (Lipinski definition) is 6. The van der Waals surface area contributed by atoms with E-state index in [0.717, 1.165) is 29.6 Å². The molecule has 4 aromatic rings. The Bertz CT molecular complexity index is 1600. The number of rotatable bonds is 5. The molecule has 1 aliphatic heterocycles. The molecule has 9 heteroatoms. The zero-order valence-electron chi connectivity index (χ0n) is 21.0. The van der Waals surface area contributed by atoms with Gasteiger partial charge in [-0.25, -0.2) is 15.0 Å². The van der Waals surface area contributed by atoms with Crippen LogP contribution in [0.3, 0.4) is 0 Å². The number of benzene rings is 1. The van der Waals surface area contributed by atoms with Gasteiger partial charge in [0.25, 0.3) is 5.91 Å². The van der Waals surface area contributed by atoms with Crippen LogP contribution in [0.1, 0.15) is 55.7 Å². The highest BCUT2D eigenvalue weighted by Crippen LogP contribution is 2.41. The maximum Gasteiger partial charge on any atom is 0.298 e. The second-order valence-electron chi connectivity index (χ2n) is 9.76. The van der Waals surface area contributed by atoms with Crippen molar-refractivity contribution in [3.05, 3.63) is 65.1 Å². The molecule has 1 atom stereocenters. The lowest BCUT2D eigenvalue weighted by Gasteiger charge is -2.30. The number of likely N-dealkylation sites (tertiary alicyclic amines) is 1. The van der Waals surface area contributed by atoms with E-state index in [4.69, 9.17) is 27.1 Å². The summed E-state index contributed by atoms with van der Waals surface area (Å²) in [5, 5.41) is 0.439. The lowest BCUT2D eigenvalue weighted by Crippen LogP contribution is -2.38. The third-order valence-corrected chi connectivity index (χ3v) is 7.44. The highest BCUT2D eigenvalue weighted by atomic mass is 35.5. The number of fused-ring (bicyclic) bond motifs is 1. The van der Waals surface area contributed by atoms with E-state index in [1.165, 1.54) is 18.4 Å². The Morgan fingerprint density at radius 3 is 2.74 bits per heavy atom. The smallest absolute Gasteiger partial charge is 0.298 e. The van der Waals surface area contributed by atoms with Crippen LogP contribution >= 0.6 is 11.6 Å². The van der Waals surface area contributed by atoms with E-state index < -0.39 is 0 Å². The molecule has 3 aromatic heterocycles. The van der Waals surface area contributed by atoms with Crippen LogP contribution in [0.5, 0.6) is 11.6 Å². The summed E-state index contributed by atoms with van der Waals surface area (Å²) in [4.78, 5) is 27.9. The molecule has 1 aromatic carbocycles. The van der Waals surface area contributed by atoms with E-state index in [1.54, 1.807) is 24.2 Å². The minimum atomic E-state index is -0.151. The third-order valence-electron chi connectivity index (χ3n) is 7.15. The fraction of sp³-hybridized carbons (Fsp3) is 0.310. The Hall–Kier alpha value is -4.09. The average Bonchev–Trinajstić information content (AvgIpc) is 3.71. The summed E-state index contributed by atoms with van der Waals surface area (Å²) < 4.78 is 7.87. The van der Waals surface area contributed by atoms with Crippen LogP contribution in [0.4, 0.5) is 5.95 Å².